The summed E-state index contributed by atoms with van der Waals surface area (Å²) in [5.41, 5.74) is 4.73. The summed E-state index contributed by atoms with van der Waals surface area (Å²) in [7, 11) is 0. The fraction of sp³-hybridized carbons (Fsp3) is 0.316. The molecule has 0 bridgehead atoms. The first-order chi connectivity index (χ1) is 11.9. The molecule has 1 fully saturated rings. The molecule has 5 nitrogen and oxygen atoms in total. The van der Waals surface area contributed by atoms with Gasteiger partial charge in [-0.3, -0.25) is 10.00 Å². The average molecular weight is 319 g/mol. The van der Waals surface area contributed by atoms with Crippen LogP contribution in [0.15, 0.2) is 55.1 Å². The summed E-state index contributed by atoms with van der Waals surface area (Å²) in [4.78, 5) is 11.0. The Bertz CT molecular complexity index is 769. The van der Waals surface area contributed by atoms with Crippen molar-refractivity contribution in [2.75, 3.05) is 13.1 Å². The Balaban J connectivity index is 1.49. The van der Waals surface area contributed by atoms with Crippen LogP contribution in [0, 0.1) is 0 Å². The summed E-state index contributed by atoms with van der Waals surface area (Å²) >= 11 is 0. The van der Waals surface area contributed by atoms with Crippen LogP contribution in [0.3, 0.4) is 0 Å². The number of rotatable bonds is 4. The van der Waals surface area contributed by atoms with E-state index in [2.05, 4.69) is 49.3 Å². The standard InChI is InChI=1S/C19H21N5/c1-2-5-15(6-3-1)19-17(11-22-23-19)13-24-10-4-7-16(12-24)18-8-9-20-14-21-18/h1-3,5-6,8-9,11,14,16H,4,7,10,12-13H2,(H,22,23). The topological polar surface area (TPSA) is 57.7 Å². The number of piperidine rings is 1. The van der Waals surface area contributed by atoms with Crippen molar-refractivity contribution in [2.24, 2.45) is 0 Å². The first-order valence-corrected chi connectivity index (χ1v) is 8.46. The molecule has 1 unspecified atom stereocenters. The van der Waals surface area contributed by atoms with E-state index in [1.807, 2.05) is 24.5 Å². The summed E-state index contributed by atoms with van der Waals surface area (Å²) in [5, 5.41) is 7.43. The van der Waals surface area contributed by atoms with Gasteiger partial charge in [-0.2, -0.15) is 5.10 Å². The van der Waals surface area contributed by atoms with Crippen LogP contribution >= 0.6 is 0 Å². The molecule has 0 aliphatic carbocycles. The molecule has 1 aliphatic rings. The lowest BCUT2D eigenvalue weighted by atomic mass is 9.94. The molecule has 0 amide bonds. The summed E-state index contributed by atoms with van der Waals surface area (Å²) in [6.45, 7) is 3.08. The Kier molecular flexibility index (Phi) is 4.34. The fourth-order valence-electron chi connectivity index (χ4n) is 3.51. The Morgan fingerprint density at radius 1 is 1.17 bits per heavy atom. The number of aromatic nitrogens is 4. The van der Waals surface area contributed by atoms with Crippen LogP contribution in [0.25, 0.3) is 11.3 Å². The minimum Gasteiger partial charge on any atom is -0.298 e. The Labute approximate surface area is 141 Å². The van der Waals surface area contributed by atoms with Gasteiger partial charge in [0.05, 0.1) is 11.9 Å². The molecule has 1 atom stereocenters. The zero-order valence-corrected chi connectivity index (χ0v) is 13.6. The van der Waals surface area contributed by atoms with Crippen LogP contribution in [0.5, 0.6) is 0 Å². The predicted molar refractivity (Wildman–Crippen MR) is 93.3 cm³/mol. The molecule has 1 aliphatic heterocycles. The van der Waals surface area contributed by atoms with Crippen molar-refractivity contribution in [1.29, 1.82) is 0 Å². The molecule has 1 aromatic carbocycles. The van der Waals surface area contributed by atoms with Crippen LogP contribution in [0.4, 0.5) is 0 Å². The van der Waals surface area contributed by atoms with Crippen LogP contribution in [-0.2, 0) is 6.54 Å². The van der Waals surface area contributed by atoms with Gasteiger partial charge in [-0.25, -0.2) is 9.97 Å². The second-order valence-corrected chi connectivity index (χ2v) is 6.34. The van der Waals surface area contributed by atoms with E-state index in [4.69, 9.17) is 0 Å². The van der Waals surface area contributed by atoms with Gasteiger partial charge in [-0.1, -0.05) is 30.3 Å². The number of nitrogens with zero attached hydrogens (tertiary/aromatic N) is 4. The van der Waals surface area contributed by atoms with Gasteiger partial charge in [0, 0.05) is 36.5 Å². The Morgan fingerprint density at radius 3 is 2.92 bits per heavy atom. The van der Waals surface area contributed by atoms with Crippen LogP contribution in [0.1, 0.15) is 30.0 Å². The molecular weight excluding hydrogens is 298 g/mol. The van der Waals surface area contributed by atoms with E-state index in [9.17, 15) is 0 Å². The molecule has 3 heterocycles. The Morgan fingerprint density at radius 2 is 2.08 bits per heavy atom. The van der Waals surface area contributed by atoms with Gasteiger partial charge in [0.25, 0.3) is 0 Å². The maximum atomic E-state index is 4.44. The summed E-state index contributed by atoms with van der Waals surface area (Å²) in [5.74, 6) is 0.494. The summed E-state index contributed by atoms with van der Waals surface area (Å²) in [6.07, 6.45) is 7.84. The minimum atomic E-state index is 0.494. The van der Waals surface area contributed by atoms with Gasteiger partial charge >= 0.3 is 0 Å². The number of H-pyrrole nitrogens is 1. The summed E-state index contributed by atoms with van der Waals surface area (Å²) < 4.78 is 0. The molecule has 5 heteroatoms. The normalized spacial score (nSPS) is 18.6. The lowest BCUT2D eigenvalue weighted by Gasteiger charge is -2.32. The third-order valence-electron chi connectivity index (χ3n) is 4.70. The second kappa shape index (κ2) is 6.93. The van der Waals surface area contributed by atoms with Crippen LogP contribution in [-0.4, -0.2) is 38.2 Å². The monoisotopic (exact) mass is 319 g/mol. The van der Waals surface area contributed by atoms with E-state index in [0.717, 1.165) is 31.0 Å². The van der Waals surface area contributed by atoms with Gasteiger partial charge in [-0.05, 0) is 31.0 Å². The quantitative estimate of drug-likeness (QED) is 0.802. The summed E-state index contributed by atoms with van der Waals surface area (Å²) in [6, 6.07) is 12.4. The van der Waals surface area contributed by atoms with Gasteiger partial charge in [0.2, 0.25) is 0 Å². The second-order valence-electron chi connectivity index (χ2n) is 6.34. The Hall–Kier alpha value is -2.53. The van der Waals surface area contributed by atoms with Crippen molar-refractivity contribution in [3.63, 3.8) is 0 Å². The fourth-order valence-corrected chi connectivity index (χ4v) is 3.51. The lowest BCUT2D eigenvalue weighted by molar-refractivity contribution is 0.198. The molecule has 4 rings (SSSR count). The number of aromatic amines is 1. The van der Waals surface area contributed by atoms with Crippen molar-refractivity contribution >= 4 is 0 Å². The molecule has 2 aromatic heterocycles. The molecule has 122 valence electrons. The molecule has 1 saturated heterocycles. The van der Waals surface area contributed by atoms with E-state index in [-0.39, 0.29) is 0 Å². The minimum absolute atomic E-state index is 0.494. The molecule has 0 saturated carbocycles. The number of likely N-dealkylation sites (tertiary alicyclic amines) is 1. The van der Waals surface area contributed by atoms with E-state index >= 15 is 0 Å². The van der Waals surface area contributed by atoms with Gasteiger partial charge in [-0.15, -0.1) is 0 Å². The molecular formula is C19H21N5. The maximum absolute atomic E-state index is 4.44. The predicted octanol–water partition coefficient (Wildman–Crippen LogP) is 3.25. The van der Waals surface area contributed by atoms with Crippen molar-refractivity contribution in [1.82, 2.24) is 25.1 Å². The van der Waals surface area contributed by atoms with Gasteiger partial charge in [0.1, 0.15) is 6.33 Å². The van der Waals surface area contributed by atoms with Crippen LogP contribution in [0.2, 0.25) is 0 Å². The largest absolute Gasteiger partial charge is 0.298 e. The zero-order chi connectivity index (χ0) is 16.2. The highest BCUT2D eigenvalue weighted by atomic mass is 15.2. The molecule has 24 heavy (non-hydrogen) atoms. The first-order valence-electron chi connectivity index (χ1n) is 8.46. The zero-order valence-electron chi connectivity index (χ0n) is 13.6. The molecule has 0 spiro atoms. The highest BCUT2D eigenvalue weighted by molar-refractivity contribution is 5.62. The SMILES string of the molecule is c1ccc(-c2[nH]ncc2CN2CCCC(c3ccncn3)C2)cc1. The maximum Gasteiger partial charge on any atom is 0.115 e. The van der Waals surface area contributed by atoms with E-state index in [1.165, 1.54) is 24.0 Å². The highest BCUT2D eigenvalue weighted by Crippen LogP contribution is 2.28. The van der Waals surface area contributed by atoms with Crippen molar-refractivity contribution < 1.29 is 0 Å². The van der Waals surface area contributed by atoms with E-state index in [1.54, 1.807) is 6.33 Å². The van der Waals surface area contributed by atoms with Crippen molar-refractivity contribution in [2.45, 2.75) is 25.3 Å². The number of hydrogen-bond acceptors (Lipinski definition) is 4. The van der Waals surface area contributed by atoms with Crippen molar-refractivity contribution in [3.05, 3.63) is 66.4 Å². The molecule has 3 aromatic rings. The van der Waals surface area contributed by atoms with Gasteiger partial charge in [0.15, 0.2) is 0 Å². The number of benzene rings is 1. The van der Waals surface area contributed by atoms with E-state index < -0.39 is 0 Å². The smallest absolute Gasteiger partial charge is 0.115 e. The lowest BCUT2D eigenvalue weighted by Crippen LogP contribution is -2.34. The first kappa shape index (κ1) is 15.0. The van der Waals surface area contributed by atoms with Crippen molar-refractivity contribution in [3.8, 4) is 11.3 Å². The number of hydrogen-bond donors (Lipinski definition) is 1. The van der Waals surface area contributed by atoms with Gasteiger partial charge < -0.3 is 0 Å². The van der Waals surface area contributed by atoms with E-state index in [0.29, 0.717) is 5.92 Å². The average Bonchev–Trinajstić information content (AvgIpc) is 3.11. The van der Waals surface area contributed by atoms with Crippen LogP contribution < -0.4 is 0 Å². The third kappa shape index (κ3) is 3.21. The third-order valence-corrected chi connectivity index (χ3v) is 4.70. The molecule has 0 radical (unpaired) electrons. The highest BCUT2D eigenvalue weighted by Gasteiger charge is 2.23. The molecule has 1 N–H and O–H groups in total. The number of nitrogens with one attached hydrogen (secondary N) is 1.